The van der Waals surface area contributed by atoms with Crippen molar-refractivity contribution in [3.63, 3.8) is 0 Å². The molecule has 1 unspecified atom stereocenters. The van der Waals surface area contributed by atoms with Gasteiger partial charge in [-0.2, -0.15) is 10.5 Å². The van der Waals surface area contributed by atoms with Crippen molar-refractivity contribution in [2.24, 2.45) is 4.99 Å². The number of hydrogen-bond acceptors (Lipinski definition) is 11. The predicted molar refractivity (Wildman–Crippen MR) is 113 cm³/mol. The third-order valence-corrected chi connectivity index (χ3v) is 4.52. The number of nitrogens with two attached hydrogens (primary N) is 2. The second-order valence-corrected chi connectivity index (χ2v) is 6.38. The summed E-state index contributed by atoms with van der Waals surface area (Å²) < 4.78 is 10.7. The summed E-state index contributed by atoms with van der Waals surface area (Å²) >= 11 is 0. The highest BCUT2D eigenvalue weighted by Crippen LogP contribution is 2.45. The normalized spacial score (nSPS) is 14.1. The molecule has 1 atom stereocenters. The lowest BCUT2D eigenvalue weighted by atomic mass is 9.93. The first kappa shape index (κ1) is 21.0. The molecule has 158 valence electrons. The van der Waals surface area contributed by atoms with Crippen LogP contribution in [-0.4, -0.2) is 31.1 Å². The number of carbonyl (C=O) groups excluding carboxylic acids is 1. The number of anilines is 4. The molecule has 3 rings (SSSR count). The Hall–Kier alpha value is -4.71. The van der Waals surface area contributed by atoms with Crippen molar-refractivity contribution < 1.29 is 14.3 Å². The standard InChI is InChI=1S/C19H19N9O3/c1-8(29)25-11-5-13(31-3)12(30-2)4-9(11)16-14-15(22)10(6-20)17(23)27-18(14)28-19(26-16)24-7-21/h4-5,16H,1-3H3,(H,25,29)(H6,22,23,24,26,27,28). The minimum absolute atomic E-state index is 0.000929. The highest BCUT2D eigenvalue weighted by Gasteiger charge is 2.32. The maximum atomic E-state index is 11.8. The number of aliphatic imine (C=N–C) groups is 1. The number of benzene rings is 1. The number of hydrogen-bond donors (Lipinski definition) is 5. The van der Waals surface area contributed by atoms with Gasteiger partial charge >= 0.3 is 0 Å². The summed E-state index contributed by atoms with van der Waals surface area (Å²) in [5.74, 6) is 0.652. The number of nitrogens with zero attached hydrogens (tertiary/aromatic N) is 4. The number of nitrogens with one attached hydrogen (secondary N) is 3. The maximum absolute atomic E-state index is 11.8. The van der Waals surface area contributed by atoms with E-state index in [4.69, 9.17) is 26.2 Å². The van der Waals surface area contributed by atoms with Crippen molar-refractivity contribution in [2.75, 3.05) is 36.3 Å². The minimum atomic E-state index is -0.867. The molecule has 0 radical (unpaired) electrons. The van der Waals surface area contributed by atoms with Crippen LogP contribution in [0.5, 0.6) is 11.5 Å². The number of rotatable bonds is 4. The lowest BCUT2D eigenvalue weighted by molar-refractivity contribution is -0.114. The quantitative estimate of drug-likeness (QED) is 0.351. The van der Waals surface area contributed by atoms with Crippen molar-refractivity contribution >= 4 is 34.9 Å². The Labute approximate surface area is 177 Å². The molecule has 0 aliphatic carbocycles. The average molecular weight is 421 g/mol. The zero-order chi connectivity index (χ0) is 22.7. The van der Waals surface area contributed by atoms with Gasteiger partial charge in [-0.15, -0.1) is 0 Å². The summed E-state index contributed by atoms with van der Waals surface area (Å²) in [4.78, 5) is 20.6. The van der Waals surface area contributed by atoms with E-state index in [1.165, 1.54) is 21.1 Å². The van der Waals surface area contributed by atoms with Crippen LogP contribution in [0, 0.1) is 22.8 Å². The largest absolute Gasteiger partial charge is 0.493 e. The smallest absolute Gasteiger partial charge is 0.221 e. The number of nitrogen functional groups attached to an aromatic ring is 2. The van der Waals surface area contributed by atoms with Crippen LogP contribution in [-0.2, 0) is 4.79 Å². The third-order valence-electron chi connectivity index (χ3n) is 4.52. The predicted octanol–water partition coefficient (Wildman–Crippen LogP) is 1.03. The van der Waals surface area contributed by atoms with E-state index < -0.39 is 6.04 Å². The number of aromatic nitrogens is 1. The van der Waals surface area contributed by atoms with Gasteiger partial charge in [-0.1, -0.05) is 0 Å². The average Bonchev–Trinajstić information content (AvgIpc) is 2.72. The molecule has 0 saturated heterocycles. The van der Waals surface area contributed by atoms with Crippen molar-refractivity contribution in [2.45, 2.75) is 13.0 Å². The van der Waals surface area contributed by atoms with E-state index in [1.807, 2.05) is 6.07 Å². The first-order valence-electron chi connectivity index (χ1n) is 8.86. The van der Waals surface area contributed by atoms with Crippen LogP contribution in [0.25, 0.3) is 0 Å². The Morgan fingerprint density at radius 1 is 1.23 bits per heavy atom. The molecule has 1 aromatic heterocycles. The van der Waals surface area contributed by atoms with Crippen molar-refractivity contribution in [3.8, 4) is 23.8 Å². The molecule has 0 saturated carbocycles. The van der Waals surface area contributed by atoms with Gasteiger partial charge < -0.3 is 31.6 Å². The van der Waals surface area contributed by atoms with E-state index in [0.717, 1.165) is 0 Å². The van der Waals surface area contributed by atoms with Crippen LogP contribution >= 0.6 is 0 Å². The van der Waals surface area contributed by atoms with E-state index >= 15 is 0 Å². The minimum Gasteiger partial charge on any atom is -0.493 e. The van der Waals surface area contributed by atoms with Crippen LogP contribution in [0.15, 0.2) is 17.1 Å². The number of ether oxygens (including phenoxy) is 2. The fourth-order valence-electron chi connectivity index (χ4n) is 3.22. The lowest BCUT2D eigenvalue weighted by Crippen LogP contribution is -2.33. The number of nitriles is 2. The van der Waals surface area contributed by atoms with Crippen LogP contribution in [0.4, 0.5) is 23.0 Å². The number of carbonyl (C=O) groups is 1. The molecule has 1 aromatic carbocycles. The summed E-state index contributed by atoms with van der Waals surface area (Å²) in [7, 11) is 2.93. The first-order valence-corrected chi connectivity index (χ1v) is 8.86. The second-order valence-electron chi connectivity index (χ2n) is 6.38. The van der Waals surface area contributed by atoms with Gasteiger partial charge in [0.25, 0.3) is 0 Å². The molecule has 0 fully saturated rings. The zero-order valence-electron chi connectivity index (χ0n) is 16.9. The Morgan fingerprint density at radius 2 is 1.90 bits per heavy atom. The summed E-state index contributed by atoms with van der Waals surface area (Å²) in [6.07, 6.45) is 1.78. The van der Waals surface area contributed by atoms with Crippen molar-refractivity contribution in [1.29, 1.82) is 10.5 Å². The highest BCUT2D eigenvalue weighted by molar-refractivity contribution is 5.99. The van der Waals surface area contributed by atoms with E-state index in [0.29, 0.717) is 28.3 Å². The molecule has 0 bridgehead atoms. The van der Waals surface area contributed by atoms with E-state index in [-0.39, 0.29) is 34.8 Å². The van der Waals surface area contributed by atoms with Gasteiger partial charge in [0.2, 0.25) is 11.9 Å². The molecule has 2 aromatic rings. The Kier molecular flexibility index (Phi) is 5.65. The van der Waals surface area contributed by atoms with Crippen LogP contribution in [0.2, 0.25) is 0 Å². The van der Waals surface area contributed by atoms with Gasteiger partial charge in [-0.3, -0.25) is 10.1 Å². The fourth-order valence-corrected chi connectivity index (χ4v) is 3.22. The molecule has 12 heteroatoms. The first-order chi connectivity index (χ1) is 14.8. The highest BCUT2D eigenvalue weighted by atomic mass is 16.5. The van der Waals surface area contributed by atoms with Crippen LogP contribution < -0.4 is 36.9 Å². The molecule has 0 spiro atoms. The molecular weight excluding hydrogens is 402 g/mol. The van der Waals surface area contributed by atoms with E-state index in [2.05, 4.69) is 25.9 Å². The van der Waals surface area contributed by atoms with E-state index in [9.17, 15) is 10.1 Å². The SMILES string of the molecule is COc1cc(NC(C)=O)c(C2N=C(NC#N)Nc3nc(N)c(C#N)c(N)c32)cc1OC. The van der Waals surface area contributed by atoms with Gasteiger partial charge in [-0.25, -0.2) is 9.98 Å². The topological polar surface area (TPSA) is 196 Å². The van der Waals surface area contributed by atoms with Crippen LogP contribution in [0.1, 0.15) is 29.7 Å². The van der Waals surface area contributed by atoms with Gasteiger partial charge in [0.15, 0.2) is 17.7 Å². The third kappa shape index (κ3) is 3.77. The Bertz CT molecular complexity index is 1180. The Morgan fingerprint density at radius 3 is 2.48 bits per heavy atom. The summed E-state index contributed by atoms with van der Waals surface area (Å²) in [5.41, 5.74) is 13.4. The summed E-state index contributed by atoms with van der Waals surface area (Å²) in [6.45, 7) is 1.35. The number of amides is 1. The molecule has 2 heterocycles. The van der Waals surface area contributed by atoms with E-state index in [1.54, 1.807) is 18.3 Å². The molecular formula is C19H19N9O3. The molecule has 12 nitrogen and oxygen atoms in total. The van der Waals surface area contributed by atoms with Crippen molar-refractivity contribution in [1.82, 2.24) is 10.3 Å². The number of pyridine rings is 1. The van der Waals surface area contributed by atoms with Crippen LogP contribution in [0.3, 0.4) is 0 Å². The summed E-state index contributed by atoms with van der Waals surface area (Å²) in [6, 6.07) is 4.28. The number of methoxy groups -OCH3 is 2. The molecule has 7 N–H and O–H groups in total. The van der Waals surface area contributed by atoms with Gasteiger partial charge in [0.1, 0.15) is 29.3 Å². The molecule has 31 heavy (non-hydrogen) atoms. The number of guanidine groups is 1. The monoisotopic (exact) mass is 421 g/mol. The maximum Gasteiger partial charge on any atom is 0.221 e. The van der Waals surface area contributed by atoms with Gasteiger partial charge in [0.05, 0.1) is 25.6 Å². The summed E-state index contributed by atoms with van der Waals surface area (Å²) in [5, 5.41) is 26.5. The van der Waals surface area contributed by atoms with Gasteiger partial charge in [-0.05, 0) is 6.07 Å². The number of fused-ring (bicyclic) bond motifs is 1. The van der Waals surface area contributed by atoms with Gasteiger partial charge in [0, 0.05) is 24.1 Å². The molecule has 1 aliphatic heterocycles. The van der Waals surface area contributed by atoms with Crippen molar-refractivity contribution in [3.05, 3.63) is 28.8 Å². The zero-order valence-corrected chi connectivity index (χ0v) is 16.9. The second kappa shape index (κ2) is 8.34. The fraction of sp³-hybridized carbons (Fsp3) is 0.211. The Balaban J connectivity index is 2.35. The molecule has 1 aliphatic rings. The molecule has 1 amide bonds. The lowest BCUT2D eigenvalue weighted by Gasteiger charge is -2.28.